The Balaban J connectivity index is 2.31. The van der Waals surface area contributed by atoms with Gasteiger partial charge in [0.15, 0.2) is 0 Å². The standard InChI is InChI=1S/C11H19BrF3NO/c12-6-7-16(8-9-17-11(13,14)15)10-4-2-1-3-5-10/h10H,1-9H2. The first-order valence-corrected chi connectivity index (χ1v) is 7.16. The Kier molecular flexibility index (Phi) is 6.80. The van der Waals surface area contributed by atoms with E-state index in [4.69, 9.17) is 0 Å². The summed E-state index contributed by atoms with van der Waals surface area (Å²) >= 11 is 3.34. The van der Waals surface area contributed by atoms with E-state index in [0.29, 0.717) is 12.6 Å². The van der Waals surface area contributed by atoms with Crippen LogP contribution in [0.3, 0.4) is 0 Å². The van der Waals surface area contributed by atoms with Crippen LogP contribution in [0.25, 0.3) is 0 Å². The summed E-state index contributed by atoms with van der Waals surface area (Å²) in [7, 11) is 0. The number of hydrogen-bond acceptors (Lipinski definition) is 2. The predicted octanol–water partition coefficient (Wildman–Crippen LogP) is 3.55. The van der Waals surface area contributed by atoms with Crippen molar-refractivity contribution in [2.75, 3.05) is 25.0 Å². The molecule has 1 aliphatic rings. The van der Waals surface area contributed by atoms with Gasteiger partial charge in [0.05, 0.1) is 6.61 Å². The van der Waals surface area contributed by atoms with Gasteiger partial charge < -0.3 is 0 Å². The molecule has 0 bridgehead atoms. The number of hydrogen-bond donors (Lipinski definition) is 0. The molecule has 0 spiro atoms. The molecule has 6 heteroatoms. The molecular weight excluding hydrogens is 299 g/mol. The number of nitrogens with zero attached hydrogens (tertiary/aromatic N) is 1. The molecule has 0 aromatic heterocycles. The Morgan fingerprint density at radius 3 is 2.29 bits per heavy atom. The van der Waals surface area contributed by atoms with Crippen LogP contribution in [0, 0.1) is 0 Å². The molecule has 1 fully saturated rings. The van der Waals surface area contributed by atoms with Gasteiger partial charge in [0.25, 0.3) is 0 Å². The van der Waals surface area contributed by atoms with Gasteiger partial charge in [-0.25, -0.2) is 0 Å². The van der Waals surface area contributed by atoms with Crippen LogP contribution >= 0.6 is 15.9 Å². The third kappa shape index (κ3) is 6.62. The van der Waals surface area contributed by atoms with Crippen molar-refractivity contribution in [2.45, 2.75) is 44.5 Å². The number of halogens is 4. The fourth-order valence-electron chi connectivity index (χ4n) is 2.31. The van der Waals surface area contributed by atoms with Crippen molar-refractivity contribution in [3.63, 3.8) is 0 Å². The Bertz CT molecular complexity index is 207. The Labute approximate surface area is 109 Å². The quantitative estimate of drug-likeness (QED) is 0.695. The first-order chi connectivity index (χ1) is 8.03. The van der Waals surface area contributed by atoms with E-state index in [1.54, 1.807) is 0 Å². The van der Waals surface area contributed by atoms with E-state index in [-0.39, 0.29) is 6.61 Å². The molecule has 0 unspecified atom stereocenters. The van der Waals surface area contributed by atoms with Crippen molar-refractivity contribution in [2.24, 2.45) is 0 Å². The van der Waals surface area contributed by atoms with E-state index in [9.17, 15) is 13.2 Å². The molecule has 1 aliphatic carbocycles. The Morgan fingerprint density at radius 2 is 1.76 bits per heavy atom. The highest BCUT2D eigenvalue weighted by Crippen LogP contribution is 2.23. The molecule has 2 nitrogen and oxygen atoms in total. The van der Waals surface area contributed by atoms with Crippen LogP contribution in [0.5, 0.6) is 0 Å². The molecular formula is C11H19BrF3NO. The Hall–Kier alpha value is 0.190. The zero-order valence-corrected chi connectivity index (χ0v) is 11.4. The fourth-order valence-corrected chi connectivity index (χ4v) is 2.77. The summed E-state index contributed by atoms with van der Waals surface area (Å²) in [5.74, 6) is 0. The summed E-state index contributed by atoms with van der Waals surface area (Å²) in [5, 5.41) is 0.787. The lowest BCUT2D eigenvalue weighted by Gasteiger charge is -2.33. The lowest BCUT2D eigenvalue weighted by molar-refractivity contribution is -0.325. The number of rotatable bonds is 6. The van der Waals surface area contributed by atoms with Crippen molar-refractivity contribution in [3.05, 3.63) is 0 Å². The largest absolute Gasteiger partial charge is 0.522 e. The van der Waals surface area contributed by atoms with Gasteiger partial charge in [0.1, 0.15) is 0 Å². The summed E-state index contributed by atoms with van der Waals surface area (Å²) in [4.78, 5) is 2.11. The Morgan fingerprint density at radius 1 is 1.12 bits per heavy atom. The average molecular weight is 318 g/mol. The van der Waals surface area contributed by atoms with Crippen LogP contribution in [0.15, 0.2) is 0 Å². The minimum atomic E-state index is -4.51. The zero-order chi connectivity index (χ0) is 12.7. The predicted molar refractivity (Wildman–Crippen MR) is 64.2 cm³/mol. The van der Waals surface area contributed by atoms with Crippen LogP contribution in [0.1, 0.15) is 32.1 Å². The van der Waals surface area contributed by atoms with Crippen molar-refractivity contribution >= 4 is 15.9 Å². The molecule has 0 aromatic rings. The van der Waals surface area contributed by atoms with Crippen molar-refractivity contribution in [1.29, 1.82) is 0 Å². The first kappa shape index (κ1) is 15.2. The monoisotopic (exact) mass is 317 g/mol. The smallest absolute Gasteiger partial charge is 0.297 e. The van der Waals surface area contributed by atoms with Crippen LogP contribution in [0.4, 0.5) is 13.2 Å². The molecule has 0 atom stereocenters. The van der Waals surface area contributed by atoms with Crippen LogP contribution < -0.4 is 0 Å². The van der Waals surface area contributed by atoms with Gasteiger partial charge in [-0.05, 0) is 12.8 Å². The van der Waals surface area contributed by atoms with E-state index in [0.717, 1.165) is 24.7 Å². The second-order valence-corrected chi connectivity index (χ2v) is 5.10. The molecule has 1 saturated carbocycles. The summed E-state index contributed by atoms with van der Waals surface area (Å²) in [6, 6.07) is 0.429. The van der Waals surface area contributed by atoms with Gasteiger partial charge in [0, 0.05) is 24.5 Å². The molecule has 0 heterocycles. The normalized spacial score (nSPS) is 18.9. The first-order valence-electron chi connectivity index (χ1n) is 6.03. The summed E-state index contributed by atoms with van der Waals surface area (Å²) < 4.78 is 39.5. The third-order valence-corrected chi connectivity index (χ3v) is 3.46. The van der Waals surface area contributed by atoms with Crippen LogP contribution in [-0.2, 0) is 4.74 Å². The molecule has 1 rings (SSSR count). The van der Waals surface area contributed by atoms with Crippen molar-refractivity contribution in [1.82, 2.24) is 4.90 Å². The van der Waals surface area contributed by atoms with Crippen molar-refractivity contribution in [3.8, 4) is 0 Å². The summed E-state index contributed by atoms with van der Waals surface area (Å²) in [5.41, 5.74) is 0. The molecule has 102 valence electrons. The molecule has 17 heavy (non-hydrogen) atoms. The molecule has 0 N–H and O–H groups in total. The zero-order valence-electron chi connectivity index (χ0n) is 9.81. The second kappa shape index (κ2) is 7.59. The average Bonchev–Trinajstić information content (AvgIpc) is 2.27. The third-order valence-electron chi connectivity index (χ3n) is 3.11. The van der Waals surface area contributed by atoms with E-state index in [2.05, 4.69) is 25.6 Å². The highest BCUT2D eigenvalue weighted by atomic mass is 79.9. The van der Waals surface area contributed by atoms with Gasteiger partial charge in [-0.2, -0.15) is 0 Å². The van der Waals surface area contributed by atoms with Gasteiger partial charge in [-0.15, -0.1) is 13.2 Å². The van der Waals surface area contributed by atoms with E-state index in [1.165, 1.54) is 19.3 Å². The molecule has 0 radical (unpaired) electrons. The molecule has 0 amide bonds. The molecule has 0 saturated heterocycles. The maximum Gasteiger partial charge on any atom is 0.522 e. The van der Waals surface area contributed by atoms with Gasteiger partial charge in [-0.1, -0.05) is 35.2 Å². The summed E-state index contributed by atoms with van der Waals surface area (Å²) in [6.45, 7) is 0.870. The maximum absolute atomic E-state index is 11.9. The minimum absolute atomic E-state index is 0.271. The summed E-state index contributed by atoms with van der Waals surface area (Å²) in [6.07, 6.45) is 1.30. The fraction of sp³-hybridized carbons (Fsp3) is 1.00. The minimum Gasteiger partial charge on any atom is -0.297 e. The number of ether oxygens (including phenoxy) is 1. The van der Waals surface area contributed by atoms with Gasteiger partial charge in [-0.3, -0.25) is 9.64 Å². The molecule has 0 aromatic carbocycles. The second-order valence-electron chi connectivity index (χ2n) is 4.31. The topological polar surface area (TPSA) is 12.5 Å². The lowest BCUT2D eigenvalue weighted by Crippen LogP contribution is -2.40. The van der Waals surface area contributed by atoms with Crippen LogP contribution in [0.2, 0.25) is 0 Å². The number of alkyl halides is 4. The molecule has 0 aliphatic heterocycles. The SMILES string of the molecule is FC(F)(F)OCCN(CCBr)C1CCCCC1. The van der Waals surface area contributed by atoms with Crippen molar-refractivity contribution < 1.29 is 17.9 Å². The van der Waals surface area contributed by atoms with Crippen LogP contribution in [-0.4, -0.2) is 42.3 Å². The van der Waals surface area contributed by atoms with Gasteiger partial charge >= 0.3 is 6.36 Å². The van der Waals surface area contributed by atoms with E-state index >= 15 is 0 Å². The van der Waals surface area contributed by atoms with E-state index < -0.39 is 6.36 Å². The lowest BCUT2D eigenvalue weighted by atomic mass is 9.94. The van der Waals surface area contributed by atoms with E-state index in [1.807, 2.05) is 0 Å². The highest BCUT2D eigenvalue weighted by Gasteiger charge is 2.29. The van der Waals surface area contributed by atoms with Gasteiger partial charge in [0.2, 0.25) is 0 Å². The highest BCUT2D eigenvalue weighted by molar-refractivity contribution is 9.09. The maximum atomic E-state index is 11.9.